The Balaban J connectivity index is 0.00000242. The Bertz CT molecular complexity index is 445. The lowest BCUT2D eigenvalue weighted by molar-refractivity contribution is 0.265. The highest BCUT2D eigenvalue weighted by Gasteiger charge is 2.31. The van der Waals surface area contributed by atoms with Crippen molar-refractivity contribution in [2.24, 2.45) is 10.9 Å². The lowest BCUT2D eigenvalue weighted by atomic mass is 10.1. The Hall–Kier alpha value is -0.830. The summed E-state index contributed by atoms with van der Waals surface area (Å²) in [5, 5.41) is 6.92. The lowest BCUT2D eigenvalue weighted by Crippen LogP contribution is -2.47. The molecule has 1 aliphatic heterocycles. The largest absolute Gasteiger partial charge is 0.355 e. The smallest absolute Gasteiger partial charge is 0.191 e. The number of aromatic nitrogens is 2. The SMILES string of the molecule is CN=C(NCCn1ccnc1)NC1CN(C(C)C)CC1C.I. The maximum atomic E-state index is 4.33. The topological polar surface area (TPSA) is 57.5 Å². The van der Waals surface area contributed by atoms with Crippen LogP contribution >= 0.6 is 24.0 Å². The van der Waals surface area contributed by atoms with Gasteiger partial charge < -0.3 is 15.2 Å². The van der Waals surface area contributed by atoms with Crippen LogP contribution < -0.4 is 10.6 Å². The van der Waals surface area contributed by atoms with Gasteiger partial charge in [0.05, 0.1) is 6.33 Å². The minimum atomic E-state index is 0. The summed E-state index contributed by atoms with van der Waals surface area (Å²) >= 11 is 0. The number of guanidine groups is 1. The predicted molar refractivity (Wildman–Crippen MR) is 102 cm³/mol. The van der Waals surface area contributed by atoms with Crippen LogP contribution in [0.15, 0.2) is 23.7 Å². The van der Waals surface area contributed by atoms with Crippen LogP contribution in [0.4, 0.5) is 0 Å². The second-order valence-electron chi connectivity index (χ2n) is 6.08. The van der Waals surface area contributed by atoms with Gasteiger partial charge in [-0.05, 0) is 19.8 Å². The van der Waals surface area contributed by atoms with Crippen molar-refractivity contribution in [3.05, 3.63) is 18.7 Å². The molecular weight excluding hydrogens is 391 g/mol. The Labute approximate surface area is 150 Å². The summed E-state index contributed by atoms with van der Waals surface area (Å²) in [5.74, 6) is 1.53. The Kier molecular flexibility index (Phi) is 8.16. The monoisotopic (exact) mass is 420 g/mol. The average molecular weight is 420 g/mol. The maximum Gasteiger partial charge on any atom is 0.191 e. The van der Waals surface area contributed by atoms with E-state index in [1.54, 1.807) is 6.20 Å². The van der Waals surface area contributed by atoms with E-state index in [1.165, 1.54) is 0 Å². The normalized spacial score (nSPS) is 22.7. The second-order valence-corrected chi connectivity index (χ2v) is 6.08. The highest BCUT2D eigenvalue weighted by molar-refractivity contribution is 14.0. The van der Waals surface area contributed by atoms with Gasteiger partial charge in [0.2, 0.25) is 0 Å². The van der Waals surface area contributed by atoms with Gasteiger partial charge in [-0.25, -0.2) is 4.98 Å². The number of nitrogens with zero attached hydrogens (tertiary/aromatic N) is 4. The van der Waals surface area contributed by atoms with E-state index in [4.69, 9.17) is 0 Å². The molecule has 2 rings (SSSR count). The van der Waals surface area contributed by atoms with Crippen LogP contribution in [0.3, 0.4) is 0 Å². The molecule has 2 unspecified atom stereocenters. The second kappa shape index (κ2) is 9.34. The minimum Gasteiger partial charge on any atom is -0.355 e. The van der Waals surface area contributed by atoms with Gasteiger partial charge in [0, 0.05) is 57.7 Å². The molecule has 1 aliphatic rings. The van der Waals surface area contributed by atoms with Crippen molar-refractivity contribution in [3.8, 4) is 0 Å². The first-order valence-corrected chi connectivity index (χ1v) is 7.77. The van der Waals surface area contributed by atoms with Gasteiger partial charge in [-0.2, -0.15) is 0 Å². The summed E-state index contributed by atoms with van der Waals surface area (Å²) in [6.45, 7) is 10.8. The quantitative estimate of drug-likeness (QED) is 0.430. The molecule has 0 saturated carbocycles. The highest BCUT2D eigenvalue weighted by atomic mass is 127. The fourth-order valence-corrected chi connectivity index (χ4v) is 2.71. The van der Waals surface area contributed by atoms with E-state index < -0.39 is 0 Å². The summed E-state index contributed by atoms with van der Waals surface area (Å²) < 4.78 is 2.05. The third-order valence-electron chi connectivity index (χ3n) is 4.14. The van der Waals surface area contributed by atoms with Gasteiger partial charge in [0.15, 0.2) is 5.96 Å². The highest BCUT2D eigenvalue weighted by Crippen LogP contribution is 2.18. The van der Waals surface area contributed by atoms with Crippen LogP contribution in [0.25, 0.3) is 0 Å². The van der Waals surface area contributed by atoms with Crippen LogP contribution in [0.5, 0.6) is 0 Å². The standard InChI is InChI=1S/C15H28N6.HI/c1-12(2)21-9-13(3)14(10-21)19-15(16-4)18-6-8-20-7-5-17-11-20;/h5,7,11-14H,6,8-10H2,1-4H3,(H2,16,18,19);1H. The molecule has 7 heteroatoms. The number of imidazole rings is 1. The Morgan fingerprint density at radius 2 is 2.18 bits per heavy atom. The lowest BCUT2D eigenvalue weighted by Gasteiger charge is -2.22. The van der Waals surface area contributed by atoms with Crippen molar-refractivity contribution in [1.82, 2.24) is 25.1 Å². The molecule has 1 fully saturated rings. The first kappa shape index (κ1) is 19.2. The van der Waals surface area contributed by atoms with E-state index in [0.717, 1.165) is 32.1 Å². The van der Waals surface area contributed by atoms with Crippen molar-refractivity contribution >= 4 is 29.9 Å². The van der Waals surface area contributed by atoms with Crippen LogP contribution in [0.2, 0.25) is 0 Å². The third kappa shape index (κ3) is 5.42. The molecular formula is C15H29IN6. The molecule has 2 N–H and O–H groups in total. The first-order valence-electron chi connectivity index (χ1n) is 7.77. The zero-order chi connectivity index (χ0) is 15.2. The van der Waals surface area contributed by atoms with Crippen LogP contribution in [-0.2, 0) is 6.54 Å². The van der Waals surface area contributed by atoms with Crippen molar-refractivity contribution in [3.63, 3.8) is 0 Å². The number of rotatable bonds is 5. The molecule has 0 aliphatic carbocycles. The molecule has 0 amide bonds. The van der Waals surface area contributed by atoms with Crippen LogP contribution in [0, 0.1) is 5.92 Å². The number of hydrogen-bond donors (Lipinski definition) is 2. The van der Waals surface area contributed by atoms with E-state index in [1.807, 2.05) is 19.6 Å². The number of halogens is 1. The summed E-state index contributed by atoms with van der Waals surface area (Å²) in [4.78, 5) is 10.9. The van der Waals surface area contributed by atoms with Crippen LogP contribution in [-0.4, -0.2) is 59.2 Å². The fourth-order valence-electron chi connectivity index (χ4n) is 2.71. The van der Waals surface area contributed by atoms with Crippen molar-refractivity contribution in [2.75, 3.05) is 26.7 Å². The Morgan fingerprint density at radius 1 is 1.41 bits per heavy atom. The third-order valence-corrected chi connectivity index (χ3v) is 4.14. The van der Waals surface area contributed by atoms with Crippen molar-refractivity contribution < 1.29 is 0 Å². The molecule has 6 nitrogen and oxygen atoms in total. The predicted octanol–water partition coefficient (Wildman–Crippen LogP) is 1.39. The Morgan fingerprint density at radius 3 is 2.73 bits per heavy atom. The zero-order valence-electron chi connectivity index (χ0n) is 14.0. The first-order chi connectivity index (χ1) is 10.1. The van der Waals surface area contributed by atoms with Gasteiger partial charge in [0.25, 0.3) is 0 Å². The van der Waals surface area contributed by atoms with Gasteiger partial charge in [-0.3, -0.25) is 9.89 Å². The molecule has 1 aromatic rings. The number of aliphatic imine (C=N–C) groups is 1. The summed E-state index contributed by atoms with van der Waals surface area (Å²) in [7, 11) is 1.83. The summed E-state index contributed by atoms with van der Waals surface area (Å²) in [6.07, 6.45) is 5.60. The van der Waals surface area contributed by atoms with Crippen molar-refractivity contribution in [2.45, 2.75) is 39.4 Å². The molecule has 2 heterocycles. The van der Waals surface area contributed by atoms with Gasteiger partial charge >= 0.3 is 0 Å². The molecule has 0 aromatic carbocycles. The van der Waals surface area contributed by atoms with Crippen molar-refractivity contribution in [1.29, 1.82) is 0 Å². The van der Waals surface area contributed by atoms with E-state index >= 15 is 0 Å². The molecule has 1 saturated heterocycles. The molecule has 0 bridgehead atoms. The molecule has 1 aromatic heterocycles. The summed E-state index contributed by atoms with van der Waals surface area (Å²) in [6, 6.07) is 1.07. The molecule has 0 spiro atoms. The average Bonchev–Trinajstić information content (AvgIpc) is 3.08. The molecule has 0 radical (unpaired) electrons. The zero-order valence-corrected chi connectivity index (χ0v) is 16.3. The van der Waals surface area contributed by atoms with Crippen LogP contribution in [0.1, 0.15) is 20.8 Å². The fraction of sp³-hybridized carbons (Fsp3) is 0.733. The van der Waals surface area contributed by atoms with E-state index in [0.29, 0.717) is 18.0 Å². The maximum absolute atomic E-state index is 4.33. The van der Waals surface area contributed by atoms with E-state index in [-0.39, 0.29) is 24.0 Å². The minimum absolute atomic E-state index is 0. The molecule has 126 valence electrons. The van der Waals surface area contributed by atoms with Gasteiger partial charge in [0.1, 0.15) is 0 Å². The van der Waals surface area contributed by atoms with Gasteiger partial charge in [-0.15, -0.1) is 24.0 Å². The van der Waals surface area contributed by atoms with E-state index in [9.17, 15) is 0 Å². The van der Waals surface area contributed by atoms with E-state index in [2.05, 4.69) is 50.8 Å². The molecule has 22 heavy (non-hydrogen) atoms. The number of hydrogen-bond acceptors (Lipinski definition) is 3. The number of nitrogens with one attached hydrogen (secondary N) is 2. The summed E-state index contributed by atoms with van der Waals surface area (Å²) in [5.41, 5.74) is 0. The van der Waals surface area contributed by atoms with Gasteiger partial charge in [-0.1, -0.05) is 6.92 Å². The number of likely N-dealkylation sites (tertiary alicyclic amines) is 1. The molecule has 2 atom stereocenters.